The lowest BCUT2D eigenvalue weighted by atomic mass is 10.2. The fraction of sp³-hybridized carbons (Fsp3) is 0.143. The van der Waals surface area contributed by atoms with E-state index in [-0.39, 0.29) is 0 Å². The van der Waals surface area contributed by atoms with Crippen LogP contribution in [0.2, 0.25) is 0 Å². The zero-order valence-electron chi connectivity index (χ0n) is 9.29. The molecule has 2 rings (SSSR count). The highest BCUT2D eigenvalue weighted by atomic mass is 127. The Morgan fingerprint density at radius 1 is 1.00 bits per heavy atom. The summed E-state index contributed by atoms with van der Waals surface area (Å²) in [7, 11) is 0. The normalized spacial score (nSPS) is 10.2. The Bertz CT molecular complexity index is 482. The summed E-state index contributed by atoms with van der Waals surface area (Å²) in [5.74, 6) is 0.538. The van der Waals surface area contributed by atoms with E-state index in [4.69, 9.17) is 11.6 Å². The second-order valence-electron chi connectivity index (χ2n) is 3.77. The predicted molar refractivity (Wildman–Crippen MR) is 82.5 cm³/mol. The minimum atomic E-state index is 0.538. The molecule has 17 heavy (non-hydrogen) atoms. The molecule has 0 saturated carbocycles. The molecular formula is C14H13ClIN. The SMILES string of the molecule is ClCc1ccccc1NCc1ccc(I)cc1. The quantitative estimate of drug-likeness (QED) is 0.621. The summed E-state index contributed by atoms with van der Waals surface area (Å²) in [6, 6.07) is 16.6. The van der Waals surface area contributed by atoms with Crippen LogP contribution >= 0.6 is 34.2 Å². The monoisotopic (exact) mass is 357 g/mol. The van der Waals surface area contributed by atoms with Crippen LogP contribution in [0.25, 0.3) is 0 Å². The van der Waals surface area contributed by atoms with Gasteiger partial charge in [-0.1, -0.05) is 30.3 Å². The Balaban J connectivity index is 2.04. The van der Waals surface area contributed by atoms with Crippen LogP contribution < -0.4 is 5.32 Å². The number of nitrogens with one attached hydrogen (secondary N) is 1. The zero-order valence-corrected chi connectivity index (χ0v) is 12.2. The fourth-order valence-electron chi connectivity index (χ4n) is 1.61. The van der Waals surface area contributed by atoms with Gasteiger partial charge in [0.2, 0.25) is 0 Å². The summed E-state index contributed by atoms with van der Waals surface area (Å²) in [6.45, 7) is 0.824. The number of benzene rings is 2. The van der Waals surface area contributed by atoms with Gasteiger partial charge in [0.25, 0.3) is 0 Å². The van der Waals surface area contributed by atoms with Crippen LogP contribution in [0, 0.1) is 3.57 Å². The third-order valence-electron chi connectivity index (χ3n) is 2.56. The Morgan fingerprint density at radius 2 is 1.71 bits per heavy atom. The van der Waals surface area contributed by atoms with Crippen LogP contribution in [0.4, 0.5) is 5.69 Å². The molecule has 0 unspecified atom stereocenters. The largest absolute Gasteiger partial charge is 0.381 e. The van der Waals surface area contributed by atoms with Crippen LogP contribution in [-0.2, 0) is 12.4 Å². The average Bonchev–Trinajstić information content (AvgIpc) is 2.38. The lowest BCUT2D eigenvalue weighted by Gasteiger charge is -2.10. The molecule has 0 amide bonds. The van der Waals surface area contributed by atoms with Gasteiger partial charge < -0.3 is 5.32 Å². The van der Waals surface area contributed by atoms with Crippen LogP contribution in [0.1, 0.15) is 11.1 Å². The third kappa shape index (κ3) is 3.61. The van der Waals surface area contributed by atoms with Gasteiger partial charge in [-0.05, 0) is 51.9 Å². The standard InChI is InChI=1S/C14H13ClIN/c15-9-12-3-1-2-4-14(12)17-10-11-5-7-13(16)8-6-11/h1-8,17H,9-10H2. The third-order valence-corrected chi connectivity index (χ3v) is 3.56. The molecule has 0 saturated heterocycles. The smallest absolute Gasteiger partial charge is 0.0494 e. The van der Waals surface area contributed by atoms with Gasteiger partial charge in [-0.2, -0.15) is 0 Å². The van der Waals surface area contributed by atoms with Crippen molar-refractivity contribution in [3.8, 4) is 0 Å². The van der Waals surface area contributed by atoms with Crippen LogP contribution in [0.5, 0.6) is 0 Å². The molecule has 0 radical (unpaired) electrons. The molecule has 2 aromatic rings. The summed E-state index contributed by atoms with van der Waals surface area (Å²) in [4.78, 5) is 0. The molecular weight excluding hydrogens is 345 g/mol. The topological polar surface area (TPSA) is 12.0 Å². The number of alkyl halides is 1. The molecule has 88 valence electrons. The maximum Gasteiger partial charge on any atom is 0.0494 e. The van der Waals surface area contributed by atoms with Crippen molar-refractivity contribution in [1.82, 2.24) is 0 Å². The van der Waals surface area contributed by atoms with Gasteiger partial charge in [0.05, 0.1) is 0 Å². The highest BCUT2D eigenvalue weighted by Crippen LogP contribution is 2.18. The Morgan fingerprint density at radius 3 is 2.41 bits per heavy atom. The Kier molecular flexibility index (Phi) is 4.68. The van der Waals surface area contributed by atoms with E-state index in [1.165, 1.54) is 9.13 Å². The van der Waals surface area contributed by atoms with Crippen molar-refractivity contribution in [3.63, 3.8) is 0 Å². The first-order chi connectivity index (χ1) is 8.29. The molecule has 0 bridgehead atoms. The van der Waals surface area contributed by atoms with Gasteiger partial charge in [-0.15, -0.1) is 11.6 Å². The molecule has 0 aliphatic rings. The Hall–Kier alpha value is -0.740. The minimum absolute atomic E-state index is 0.538. The number of para-hydroxylation sites is 1. The molecule has 2 aromatic carbocycles. The molecule has 1 nitrogen and oxygen atoms in total. The summed E-state index contributed by atoms with van der Waals surface area (Å²) in [5.41, 5.74) is 3.52. The summed E-state index contributed by atoms with van der Waals surface area (Å²) in [6.07, 6.45) is 0. The molecule has 0 spiro atoms. The average molecular weight is 358 g/mol. The van der Waals surface area contributed by atoms with Crippen LogP contribution in [0.15, 0.2) is 48.5 Å². The van der Waals surface area contributed by atoms with Crippen molar-refractivity contribution in [1.29, 1.82) is 0 Å². The summed E-state index contributed by atoms with van der Waals surface area (Å²) in [5, 5.41) is 3.41. The Labute approximate surface area is 120 Å². The molecule has 0 heterocycles. The van der Waals surface area contributed by atoms with Crippen molar-refractivity contribution in [3.05, 3.63) is 63.2 Å². The van der Waals surface area contributed by atoms with E-state index in [1.54, 1.807) is 0 Å². The van der Waals surface area contributed by atoms with E-state index in [1.807, 2.05) is 18.2 Å². The fourth-order valence-corrected chi connectivity index (χ4v) is 2.20. The minimum Gasteiger partial charge on any atom is -0.381 e. The molecule has 0 aliphatic heterocycles. The van der Waals surface area contributed by atoms with Gasteiger partial charge in [-0.25, -0.2) is 0 Å². The summed E-state index contributed by atoms with van der Waals surface area (Å²) >= 11 is 8.20. The molecule has 1 N–H and O–H groups in total. The maximum absolute atomic E-state index is 5.89. The second-order valence-corrected chi connectivity index (χ2v) is 5.28. The van der Waals surface area contributed by atoms with Gasteiger partial charge in [-0.3, -0.25) is 0 Å². The van der Waals surface area contributed by atoms with E-state index in [2.05, 4.69) is 58.2 Å². The predicted octanol–water partition coefficient (Wildman–Crippen LogP) is 4.64. The first kappa shape index (κ1) is 12.7. The van der Waals surface area contributed by atoms with E-state index >= 15 is 0 Å². The molecule has 0 aliphatic carbocycles. The second kappa shape index (κ2) is 6.26. The van der Waals surface area contributed by atoms with Crippen molar-refractivity contribution in [2.75, 3.05) is 5.32 Å². The lowest BCUT2D eigenvalue weighted by molar-refractivity contribution is 1.13. The highest BCUT2D eigenvalue weighted by molar-refractivity contribution is 14.1. The van der Waals surface area contributed by atoms with Crippen molar-refractivity contribution in [2.45, 2.75) is 12.4 Å². The van der Waals surface area contributed by atoms with Crippen molar-refractivity contribution in [2.24, 2.45) is 0 Å². The van der Waals surface area contributed by atoms with Gasteiger partial charge >= 0.3 is 0 Å². The van der Waals surface area contributed by atoms with E-state index in [9.17, 15) is 0 Å². The first-order valence-corrected chi connectivity index (χ1v) is 7.03. The van der Waals surface area contributed by atoms with E-state index < -0.39 is 0 Å². The number of hydrogen-bond donors (Lipinski definition) is 1. The van der Waals surface area contributed by atoms with Gasteiger partial charge in [0.1, 0.15) is 0 Å². The van der Waals surface area contributed by atoms with Crippen molar-refractivity contribution >= 4 is 39.9 Å². The number of rotatable bonds is 4. The lowest BCUT2D eigenvalue weighted by Crippen LogP contribution is -2.01. The van der Waals surface area contributed by atoms with Gasteiger partial charge in [0, 0.05) is 21.7 Å². The van der Waals surface area contributed by atoms with Crippen molar-refractivity contribution < 1.29 is 0 Å². The number of anilines is 1. The zero-order chi connectivity index (χ0) is 12.1. The van der Waals surface area contributed by atoms with Crippen LogP contribution in [0.3, 0.4) is 0 Å². The highest BCUT2D eigenvalue weighted by Gasteiger charge is 1.99. The molecule has 0 aromatic heterocycles. The molecule has 0 fully saturated rings. The number of halogens is 2. The summed E-state index contributed by atoms with van der Waals surface area (Å²) < 4.78 is 1.26. The maximum atomic E-state index is 5.89. The number of hydrogen-bond acceptors (Lipinski definition) is 1. The first-order valence-electron chi connectivity index (χ1n) is 5.42. The van der Waals surface area contributed by atoms with E-state index in [0.717, 1.165) is 17.8 Å². The van der Waals surface area contributed by atoms with Crippen LogP contribution in [-0.4, -0.2) is 0 Å². The van der Waals surface area contributed by atoms with Gasteiger partial charge in [0.15, 0.2) is 0 Å². The van der Waals surface area contributed by atoms with E-state index in [0.29, 0.717) is 5.88 Å². The molecule has 3 heteroatoms. The molecule has 0 atom stereocenters.